The number of hydrogen-bond donors (Lipinski definition) is 3. The number of nitrogens with one attached hydrogen (secondary N) is 2. The molecule has 0 aromatic carbocycles. The molecule has 0 aromatic rings. The summed E-state index contributed by atoms with van der Waals surface area (Å²) >= 11 is 0. The lowest BCUT2D eigenvalue weighted by Crippen LogP contribution is -2.43. The highest BCUT2D eigenvalue weighted by Gasteiger charge is 2.28. The Morgan fingerprint density at radius 1 is 1.92 bits per heavy atom. The van der Waals surface area contributed by atoms with Crippen LogP contribution in [-0.2, 0) is 4.79 Å². The van der Waals surface area contributed by atoms with Gasteiger partial charge in [0.1, 0.15) is 6.04 Å². The van der Waals surface area contributed by atoms with Crippen molar-refractivity contribution in [3.63, 3.8) is 0 Å². The van der Waals surface area contributed by atoms with Gasteiger partial charge in [0, 0.05) is 13.1 Å². The highest BCUT2D eigenvalue weighted by molar-refractivity contribution is 5.85. The quantitative estimate of drug-likeness (QED) is 0.544. The second kappa shape index (κ2) is 3.42. The van der Waals surface area contributed by atoms with Gasteiger partial charge in [-0.15, -0.1) is 0 Å². The van der Waals surface area contributed by atoms with E-state index in [-0.39, 0.29) is 5.96 Å². The van der Waals surface area contributed by atoms with Gasteiger partial charge in [-0.3, -0.25) is 5.41 Å². The second-order valence-electron chi connectivity index (χ2n) is 2.73. The molecule has 0 saturated carbocycles. The molecule has 68 valence electrons. The topological polar surface area (TPSA) is 76.4 Å². The van der Waals surface area contributed by atoms with Crippen LogP contribution in [0, 0.1) is 5.41 Å². The van der Waals surface area contributed by atoms with E-state index in [9.17, 15) is 4.79 Å². The van der Waals surface area contributed by atoms with Crippen LogP contribution >= 0.6 is 0 Å². The minimum Gasteiger partial charge on any atom is -0.480 e. The first-order chi connectivity index (χ1) is 5.66. The van der Waals surface area contributed by atoms with Crippen LogP contribution in [0.25, 0.3) is 0 Å². The van der Waals surface area contributed by atoms with Crippen molar-refractivity contribution in [2.24, 2.45) is 0 Å². The molecule has 0 aliphatic carbocycles. The summed E-state index contributed by atoms with van der Waals surface area (Å²) in [6.45, 7) is 3.09. The number of carboxylic acids is 1. The molecule has 1 atom stereocenters. The maximum absolute atomic E-state index is 10.7. The Labute approximate surface area is 70.9 Å². The molecule has 1 aliphatic heterocycles. The first-order valence-electron chi connectivity index (χ1n) is 3.98. The zero-order chi connectivity index (χ0) is 9.14. The largest absolute Gasteiger partial charge is 0.480 e. The number of guanidine groups is 1. The van der Waals surface area contributed by atoms with E-state index in [0.717, 1.165) is 0 Å². The van der Waals surface area contributed by atoms with Crippen molar-refractivity contribution in [3.8, 4) is 0 Å². The minimum absolute atomic E-state index is 0.226. The molecule has 1 rings (SSSR count). The average Bonchev–Trinajstić information content (AvgIpc) is 2.38. The van der Waals surface area contributed by atoms with Crippen LogP contribution in [0.15, 0.2) is 0 Å². The molecular weight excluding hydrogens is 158 g/mol. The molecule has 1 heterocycles. The van der Waals surface area contributed by atoms with Crippen LogP contribution in [0.5, 0.6) is 0 Å². The molecule has 0 spiro atoms. The van der Waals surface area contributed by atoms with Crippen molar-refractivity contribution in [3.05, 3.63) is 0 Å². The minimum atomic E-state index is -0.856. The summed E-state index contributed by atoms with van der Waals surface area (Å²) in [6, 6.07) is -0.549. The highest BCUT2D eigenvalue weighted by atomic mass is 16.4. The number of nitrogens with zero attached hydrogens (tertiary/aromatic N) is 1. The Balaban J connectivity index is 2.65. The Kier molecular flexibility index (Phi) is 2.52. The van der Waals surface area contributed by atoms with Crippen molar-refractivity contribution in [2.45, 2.75) is 19.4 Å². The zero-order valence-corrected chi connectivity index (χ0v) is 7.00. The molecule has 1 unspecified atom stereocenters. The number of hydrogen-bond acceptors (Lipinski definition) is 2. The van der Waals surface area contributed by atoms with Crippen molar-refractivity contribution in [1.29, 1.82) is 5.41 Å². The smallest absolute Gasteiger partial charge is 0.326 e. The van der Waals surface area contributed by atoms with E-state index in [0.29, 0.717) is 19.5 Å². The van der Waals surface area contributed by atoms with Gasteiger partial charge in [0.2, 0.25) is 0 Å². The molecule has 3 N–H and O–H groups in total. The summed E-state index contributed by atoms with van der Waals surface area (Å²) in [7, 11) is 0. The van der Waals surface area contributed by atoms with Gasteiger partial charge in [0.25, 0.3) is 0 Å². The summed E-state index contributed by atoms with van der Waals surface area (Å²) in [4.78, 5) is 12.3. The van der Waals surface area contributed by atoms with E-state index in [1.165, 1.54) is 0 Å². The molecule has 12 heavy (non-hydrogen) atoms. The van der Waals surface area contributed by atoms with E-state index in [1.54, 1.807) is 4.90 Å². The van der Waals surface area contributed by atoms with Crippen molar-refractivity contribution in [2.75, 3.05) is 13.1 Å². The fourth-order valence-electron chi connectivity index (χ4n) is 1.35. The summed E-state index contributed by atoms with van der Waals surface area (Å²) in [5, 5.41) is 19.0. The molecule has 1 aliphatic rings. The number of rotatable bonds is 3. The lowest BCUT2D eigenvalue weighted by atomic mass is 10.2. The van der Waals surface area contributed by atoms with Gasteiger partial charge < -0.3 is 15.3 Å². The number of aliphatic carboxylic acids is 1. The molecule has 0 bridgehead atoms. The molecule has 0 amide bonds. The molecule has 5 heteroatoms. The van der Waals surface area contributed by atoms with Gasteiger partial charge in [-0.1, -0.05) is 6.92 Å². The van der Waals surface area contributed by atoms with Gasteiger partial charge in [-0.05, 0) is 6.42 Å². The summed E-state index contributed by atoms with van der Waals surface area (Å²) < 4.78 is 0. The van der Waals surface area contributed by atoms with Gasteiger partial charge >= 0.3 is 5.97 Å². The molecule has 0 radical (unpaired) electrons. The standard InChI is InChI=1S/C7H13N3O2/c1-2-5(6(11)12)10-4-3-9-7(10)8/h5H,2-4H2,1H3,(H2,8,9)(H,11,12). The van der Waals surface area contributed by atoms with E-state index in [1.807, 2.05) is 6.92 Å². The summed E-state index contributed by atoms with van der Waals surface area (Å²) in [5.41, 5.74) is 0. The maximum Gasteiger partial charge on any atom is 0.326 e. The fraction of sp³-hybridized carbons (Fsp3) is 0.714. The number of carbonyl (C=O) groups is 1. The normalized spacial score (nSPS) is 19.1. The van der Waals surface area contributed by atoms with Crippen LogP contribution in [0.2, 0.25) is 0 Å². The van der Waals surface area contributed by atoms with Gasteiger partial charge in [0.15, 0.2) is 5.96 Å². The maximum atomic E-state index is 10.7. The third-order valence-corrected chi connectivity index (χ3v) is 1.98. The number of carboxylic acid groups (broad SMARTS) is 1. The van der Waals surface area contributed by atoms with Crippen molar-refractivity contribution >= 4 is 11.9 Å². The fourth-order valence-corrected chi connectivity index (χ4v) is 1.35. The molecule has 0 aromatic heterocycles. The predicted octanol–water partition coefficient (Wildman–Crippen LogP) is -0.310. The van der Waals surface area contributed by atoms with E-state index in [4.69, 9.17) is 10.5 Å². The van der Waals surface area contributed by atoms with Crippen LogP contribution in [-0.4, -0.2) is 41.1 Å². The van der Waals surface area contributed by atoms with Crippen molar-refractivity contribution in [1.82, 2.24) is 10.2 Å². The van der Waals surface area contributed by atoms with E-state index in [2.05, 4.69) is 5.32 Å². The Bertz CT molecular complexity index is 205. The molecular formula is C7H13N3O2. The Morgan fingerprint density at radius 2 is 2.58 bits per heavy atom. The lowest BCUT2D eigenvalue weighted by Gasteiger charge is -2.23. The lowest BCUT2D eigenvalue weighted by molar-refractivity contribution is -0.141. The monoisotopic (exact) mass is 171 g/mol. The van der Waals surface area contributed by atoms with E-state index < -0.39 is 12.0 Å². The van der Waals surface area contributed by atoms with Gasteiger partial charge in [-0.2, -0.15) is 0 Å². The Hall–Kier alpha value is -1.26. The molecule has 5 nitrogen and oxygen atoms in total. The highest BCUT2D eigenvalue weighted by Crippen LogP contribution is 2.07. The van der Waals surface area contributed by atoms with E-state index >= 15 is 0 Å². The van der Waals surface area contributed by atoms with Crippen LogP contribution in [0.4, 0.5) is 0 Å². The first-order valence-corrected chi connectivity index (χ1v) is 3.98. The second-order valence-corrected chi connectivity index (χ2v) is 2.73. The summed E-state index contributed by atoms with van der Waals surface area (Å²) in [6.07, 6.45) is 0.527. The third-order valence-electron chi connectivity index (χ3n) is 1.98. The van der Waals surface area contributed by atoms with Crippen molar-refractivity contribution < 1.29 is 9.90 Å². The Morgan fingerprint density at radius 3 is 2.92 bits per heavy atom. The average molecular weight is 171 g/mol. The first kappa shape index (κ1) is 8.83. The molecule has 1 fully saturated rings. The summed E-state index contributed by atoms with van der Waals surface area (Å²) in [5.74, 6) is -0.629. The zero-order valence-electron chi connectivity index (χ0n) is 7.00. The van der Waals surface area contributed by atoms with Crippen LogP contribution in [0.3, 0.4) is 0 Å². The van der Waals surface area contributed by atoms with Gasteiger partial charge in [-0.25, -0.2) is 4.79 Å². The van der Waals surface area contributed by atoms with Gasteiger partial charge in [0.05, 0.1) is 0 Å². The predicted molar refractivity (Wildman–Crippen MR) is 44.2 cm³/mol. The third kappa shape index (κ3) is 1.49. The van der Waals surface area contributed by atoms with Crippen LogP contribution < -0.4 is 5.32 Å². The molecule has 1 saturated heterocycles. The SMILES string of the molecule is CCC(C(=O)O)N1CCNC1=N. The van der Waals surface area contributed by atoms with Crippen LogP contribution in [0.1, 0.15) is 13.3 Å².